The van der Waals surface area contributed by atoms with Crippen molar-refractivity contribution in [3.63, 3.8) is 0 Å². The molecule has 5 atom stereocenters. The predicted octanol–water partition coefficient (Wildman–Crippen LogP) is 4.05. The smallest absolute Gasteiger partial charge is 0.165 e. The molecule has 120 valence electrons. The molecule has 2 bridgehead atoms. The lowest BCUT2D eigenvalue weighted by atomic mass is 9.47. The summed E-state index contributed by atoms with van der Waals surface area (Å²) < 4.78 is 0. The largest absolute Gasteiger partial charge is 0.392 e. The number of hydrogen-bond donors (Lipinski definition) is 1. The fraction of sp³-hybridized carbons (Fsp3) is 0.750. The van der Waals surface area contributed by atoms with Crippen LogP contribution in [0.4, 0.5) is 0 Å². The van der Waals surface area contributed by atoms with Crippen LogP contribution >= 0.6 is 0 Å². The highest BCUT2D eigenvalue weighted by Gasteiger charge is 2.59. The normalized spacial score (nSPS) is 46.5. The molecule has 1 N–H and O–H groups in total. The average Bonchev–Trinajstić information content (AvgIpc) is 2.68. The number of carbonyl (C=O) groups excluding carboxylic acids is 1. The number of fused-ring (bicyclic) bond motifs is 5. The van der Waals surface area contributed by atoms with Gasteiger partial charge in [-0.25, -0.2) is 0 Å². The van der Waals surface area contributed by atoms with Gasteiger partial charge in [0.1, 0.15) is 0 Å². The summed E-state index contributed by atoms with van der Waals surface area (Å²) in [7, 11) is 0. The highest BCUT2D eigenvalue weighted by molar-refractivity contribution is 6.02. The molecule has 22 heavy (non-hydrogen) atoms. The Labute approximate surface area is 133 Å². The van der Waals surface area contributed by atoms with Crippen LogP contribution in [-0.4, -0.2) is 17.0 Å². The zero-order valence-corrected chi connectivity index (χ0v) is 14.1. The topological polar surface area (TPSA) is 37.3 Å². The van der Waals surface area contributed by atoms with Gasteiger partial charge in [0.2, 0.25) is 0 Å². The molecule has 2 saturated carbocycles. The van der Waals surface area contributed by atoms with Crippen LogP contribution in [0, 0.1) is 28.6 Å². The molecule has 0 aromatic carbocycles. The molecule has 0 spiro atoms. The summed E-state index contributed by atoms with van der Waals surface area (Å²) in [5.74, 6) is 1.16. The van der Waals surface area contributed by atoms with Crippen molar-refractivity contribution in [1.29, 1.82) is 0 Å². The first-order valence-electron chi connectivity index (χ1n) is 8.90. The maximum Gasteiger partial charge on any atom is 0.165 e. The lowest BCUT2D eigenvalue weighted by Crippen LogP contribution is -2.55. The van der Waals surface area contributed by atoms with Crippen molar-refractivity contribution in [3.8, 4) is 0 Å². The molecule has 2 heteroatoms. The average molecular weight is 300 g/mol. The molecule has 1 unspecified atom stereocenters. The minimum atomic E-state index is -0.297. The minimum absolute atomic E-state index is 0.0256. The van der Waals surface area contributed by atoms with E-state index in [0.717, 1.165) is 37.7 Å². The molecule has 2 fully saturated rings. The van der Waals surface area contributed by atoms with E-state index in [2.05, 4.69) is 27.4 Å². The quantitative estimate of drug-likeness (QED) is 0.541. The van der Waals surface area contributed by atoms with E-state index in [1.54, 1.807) is 0 Å². The number of aliphatic hydroxyl groups is 1. The van der Waals surface area contributed by atoms with Crippen LogP contribution in [0.1, 0.15) is 59.3 Å². The van der Waals surface area contributed by atoms with Crippen LogP contribution in [0.15, 0.2) is 23.3 Å². The van der Waals surface area contributed by atoms with Gasteiger partial charge in [0.05, 0.1) is 6.10 Å². The van der Waals surface area contributed by atoms with Crippen molar-refractivity contribution in [3.05, 3.63) is 23.3 Å². The zero-order valence-electron chi connectivity index (χ0n) is 14.1. The molecular weight excluding hydrogens is 272 g/mol. The van der Waals surface area contributed by atoms with Gasteiger partial charge in [-0.1, -0.05) is 38.5 Å². The Bertz CT molecular complexity index is 597. The molecule has 0 saturated heterocycles. The van der Waals surface area contributed by atoms with Gasteiger partial charge in [0.25, 0.3) is 0 Å². The van der Waals surface area contributed by atoms with Gasteiger partial charge >= 0.3 is 0 Å². The van der Waals surface area contributed by atoms with E-state index in [1.807, 2.05) is 0 Å². The number of carbonyl (C=O) groups is 1. The van der Waals surface area contributed by atoms with Gasteiger partial charge in [-0.05, 0) is 61.3 Å². The standard InChI is InChI=1S/C20H28O2/c1-11-13-9-12-5-6-15-19(2,3)8-7-16(21)20(15,4)17(12)14(10-13)18(11)22/h13-16,21H,1,5-10H2,2-4H3/t13-,14?,15+,16-,20-/m0/s1. The first-order chi connectivity index (χ1) is 10.3. The monoisotopic (exact) mass is 300 g/mol. The summed E-state index contributed by atoms with van der Waals surface area (Å²) in [6.45, 7) is 11.0. The molecule has 2 nitrogen and oxygen atoms in total. The van der Waals surface area contributed by atoms with Gasteiger partial charge in [-0.2, -0.15) is 0 Å². The van der Waals surface area contributed by atoms with E-state index in [1.165, 1.54) is 17.6 Å². The molecular formula is C20H28O2. The first kappa shape index (κ1) is 14.7. The fourth-order valence-corrected chi connectivity index (χ4v) is 6.46. The molecule has 0 amide bonds. The number of ketones is 1. The van der Waals surface area contributed by atoms with E-state index >= 15 is 0 Å². The van der Waals surface area contributed by atoms with Crippen LogP contribution < -0.4 is 0 Å². The fourth-order valence-electron chi connectivity index (χ4n) is 6.46. The van der Waals surface area contributed by atoms with Crippen LogP contribution in [0.3, 0.4) is 0 Å². The Morgan fingerprint density at radius 2 is 1.95 bits per heavy atom. The zero-order chi connectivity index (χ0) is 15.9. The van der Waals surface area contributed by atoms with Gasteiger partial charge in [-0.3, -0.25) is 4.79 Å². The van der Waals surface area contributed by atoms with Gasteiger partial charge in [0, 0.05) is 11.3 Å². The van der Waals surface area contributed by atoms with E-state index in [9.17, 15) is 9.90 Å². The third-order valence-corrected chi connectivity index (χ3v) is 7.60. The highest BCUT2D eigenvalue weighted by atomic mass is 16.3. The predicted molar refractivity (Wildman–Crippen MR) is 87.2 cm³/mol. The molecule has 0 aliphatic heterocycles. The van der Waals surface area contributed by atoms with Gasteiger partial charge < -0.3 is 5.11 Å². The molecule has 4 rings (SSSR count). The lowest BCUT2D eigenvalue weighted by Gasteiger charge is -2.58. The number of allylic oxidation sites excluding steroid dienone is 2. The molecule has 0 heterocycles. The highest BCUT2D eigenvalue weighted by Crippen LogP contribution is 2.64. The minimum Gasteiger partial charge on any atom is -0.392 e. The van der Waals surface area contributed by atoms with E-state index in [-0.39, 0.29) is 28.6 Å². The SMILES string of the molecule is C=C1C(=O)C2C[C@@H]1CC1=C2[C@@]2(C)[C@H](CC1)C(C)(C)CC[C@@H]2O. The second-order valence-corrected chi connectivity index (χ2v) is 9.01. The Morgan fingerprint density at radius 1 is 1.23 bits per heavy atom. The molecule has 4 aliphatic rings. The van der Waals surface area contributed by atoms with E-state index in [4.69, 9.17) is 0 Å². The van der Waals surface area contributed by atoms with Crippen LogP contribution in [0.5, 0.6) is 0 Å². The number of hydrogen-bond acceptors (Lipinski definition) is 2. The van der Waals surface area contributed by atoms with E-state index in [0.29, 0.717) is 11.8 Å². The Morgan fingerprint density at radius 3 is 2.68 bits per heavy atom. The first-order valence-corrected chi connectivity index (χ1v) is 8.90. The molecule has 0 aromatic rings. The summed E-state index contributed by atoms with van der Waals surface area (Å²) in [4.78, 5) is 12.7. The van der Waals surface area contributed by atoms with Crippen molar-refractivity contribution >= 4 is 5.78 Å². The molecule has 4 aliphatic carbocycles. The third kappa shape index (κ3) is 1.62. The van der Waals surface area contributed by atoms with Crippen LogP contribution in [0.2, 0.25) is 0 Å². The summed E-state index contributed by atoms with van der Waals surface area (Å²) >= 11 is 0. The third-order valence-electron chi connectivity index (χ3n) is 7.60. The van der Waals surface area contributed by atoms with Crippen molar-refractivity contribution in [1.82, 2.24) is 0 Å². The summed E-state index contributed by atoms with van der Waals surface area (Å²) in [6, 6.07) is 0. The number of Topliss-reactive ketones (excluding diaryl/α,β-unsaturated/α-hetero) is 1. The summed E-state index contributed by atoms with van der Waals surface area (Å²) in [5, 5.41) is 10.9. The van der Waals surface area contributed by atoms with E-state index < -0.39 is 0 Å². The molecule has 0 aromatic heterocycles. The Hall–Kier alpha value is -0.890. The Kier molecular flexibility index (Phi) is 2.90. The molecule has 0 radical (unpaired) electrons. The maximum absolute atomic E-state index is 12.7. The van der Waals surface area contributed by atoms with Gasteiger partial charge in [-0.15, -0.1) is 0 Å². The second-order valence-electron chi connectivity index (χ2n) is 9.01. The van der Waals surface area contributed by atoms with Crippen LogP contribution in [-0.2, 0) is 4.79 Å². The van der Waals surface area contributed by atoms with Crippen LogP contribution in [0.25, 0.3) is 0 Å². The summed E-state index contributed by atoms with van der Waals surface area (Å²) in [6.07, 6.45) is 5.91. The van der Waals surface area contributed by atoms with Crippen molar-refractivity contribution in [2.24, 2.45) is 28.6 Å². The summed E-state index contributed by atoms with van der Waals surface area (Å²) in [5.41, 5.74) is 3.73. The number of aliphatic hydroxyl groups excluding tert-OH is 1. The van der Waals surface area contributed by atoms with Crippen molar-refractivity contribution in [2.75, 3.05) is 0 Å². The Balaban J connectivity index is 1.87. The number of rotatable bonds is 0. The maximum atomic E-state index is 12.7. The van der Waals surface area contributed by atoms with Gasteiger partial charge in [0.15, 0.2) is 5.78 Å². The lowest BCUT2D eigenvalue weighted by molar-refractivity contribution is -0.120. The second kappa shape index (κ2) is 4.35. The van der Waals surface area contributed by atoms with Crippen molar-refractivity contribution < 1.29 is 9.90 Å². The van der Waals surface area contributed by atoms with Crippen molar-refractivity contribution in [2.45, 2.75) is 65.4 Å².